The maximum absolute atomic E-state index is 12.4. The summed E-state index contributed by atoms with van der Waals surface area (Å²) >= 11 is 0. The van der Waals surface area contributed by atoms with E-state index in [2.05, 4.69) is 10.6 Å². The van der Waals surface area contributed by atoms with Gasteiger partial charge in [-0.1, -0.05) is 0 Å². The molecule has 2 aromatic rings. The maximum atomic E-state index is 12.4. The number of benzene rings is 1. The molecule has 110 valence electrons. The van der Waals surface area contributed by atoms with Crippen LogP contribution in [0.25, 0.3) is 0 Å². The topological polar surface area (TPSA) is 55.3 Å². The molecule has 1 amide bonds. The van der Waals surface area contributed by atoms with Gasteiger partial charge in [-0.05, 0) is 42.3 Å². The highest BCUT2D eigenvalue weighted by molar-refractivity contribution is 6.03. The molecule has 0 bridgehead atoms. The summed E-state index contributed by atoms with van der Waals surface area (Å²) in [5.41, 5.74) is 3.90. The van der Waals surface area contributed by atoms with Crippen LogP contribution in [0.1, 0.15) is 16.1 Å². The molecule has 0 radical (unpaired) electrons. The number of methoxy groups -OCH3 is 1. The van der Waals surface area contributed by atoms with Crippen LogP contribution in [0.2, 0.25) is 0 Å². The van der Waals surface area contributed by atoms with Crippen molar-refractivity contribution in [2.75, 3.05) is 30.9 Å². The van der Waals surface area contributed by atoms with Crippen LogP contribution in [0, 0.1) is 0 Å². The molecule has 2 heterocycles. The van der Waals surface area contributed by atoms with Crippen LogP contribution < -0.4 is 10.6 Å². The minimum absolute atomic E-state index is 0.0954. The first-order valence-electron chi connectivity index (χ1n) is 7.10. The number of rotatable bonds is 5. The standard InChI is InChI=1S/C16H19N3O2/c1-21-10-9-19-8-2-3-15(19)16(20)18-13-4-5-14-12(11-13)6-7-17-14/h2-5,8,11,17H,6-7,9-10H2,1H3,(H,18,20). The van der Waals surface area contributed by atoms with Crippen LogP contribution in [0.3, 0.4) is 0 Å². The summed E-state index contributed by atoms with van der Waals surface area (Å²) < 4.78 is 6.96. The molecule has 0 saturated heterocycles. The minimum Gasteiger partial charge on any atom is -0.384 e. The van der Waals surface area contributed by atoms with E-state index in [1.807, 2.05) is 41.1 Å². The van der Waals surface area contributed by atoms with Gasteiger partial charge in [0.1, 0.15) is 5.69 Å². The fourth-order valence-electron chi connectivity index (χ4n) is 2.58. The minimum atomic E-state index is -0.0954. The van der Waals surface area contributed by atoms with E-state index in [0.29, 0.717) is 18.8 Å². The Balaban J connectivity index is 1.73. The van der Waals surface area contributed by atoms with Gasteiger partial charge in [-0.15, -0.1) is 0 Å². The number of aromatic nitrogens is 1. The van der Waals surface area contributed by atoms with E-state index in [0.717, 1.165) is 24.3 Å². The predicted molar refractivity (Wildman–Crippen MR) is 82.9 cm³/mol. The molecular formula is C16H19N3O2. The van der Waals surface area contributed by atoms with Gasteiger partial charge in [0.05, 0.1) is 6.61 Å². The van der Waals surface area contributed by atoms with Gasteiger partial charge < -0.3 is 19.9 Å². The third-order valence-electron chi connectivity index (χ3n) is 3.67. The SMILES string of the molecule is COCCn1cccc1C(=O)Nc1ccc2c(c1)CCN2. The molecule has 0 atom stereocenters. The fraction of sp³-hybridized carbons (Fsp3) is 0.312. The first kappa shape index (κ1) is 13.7. The van der Waals surface area contributed by atoms with Crippen LogP contribution in [-0.2, 0) is 17.7 Å². The van der Waals surface area contributed by atoms with Crippen molar-refractivity contribution in [2.45, 2.75) is 13.0 Å². The second-order valence-corrected chi connectivity index (χ2v) is 5.08. The van der Waals surface area contributed by atoms with E-state index in [-0.39, 0.29) is 5.91 Å². The molecule has 0 aliphatic carbocycles. The lowest BCUT2D eigenvalue weighted by Crippen LogP contribution is -2.18. The molecule has 5 nitrogen and oxygen atoms in total. The Hall–Kier alpha value is -2.27. The Morgan fingerprint density at radius 3 is 3.19 bits per heavy atom. The molecule has 0 unspecified atom stereocenters. The van der Waals surface area contributed by atoms with E-state index in [9.17, 15) is 4.79 Å². The smallest absolute Gasteiger partial charge is 0.272 e. The number of hydrogen-bond acceptors (Lipinski definition) is 3. The number of ether oxygens (including phenoxy) is 1. The second kappa shape index (κ2) is 6.01. The van der Waals surface area contributed by atoms with Crippen LogP contribution in [0.15, 0.2) is 36.5 Å². The maximum Gasteiger partial charge on any atom is 0.272 e. The third-order valence-corrected chi connectivity index (χ3v) is 3.67. The van der Waals surface area contributed by atoms with Gasteiger partial charge in [-0.2, -0.15) is 0 Å². The van der Waals surface area contributed by atoms with Crippen molar-refractivity contribution in [3.8, 4) is 0 Å². The normalized spacial score (nSPS) is 12.8. The molecule has 21 heavy (non-hydrogen) atoms. The number of hydrogen-bond donors (Lipinski definition) is 2. The molecule has 0 saturated carbocycles. The first-order chi connectivity index (χ1) is 10.3. The van der Waals surface area contributed by atoms with Gasteiger partial charge in [0.25, 0.3) is 5.91 Å². The first-order valence-corrected chi connectivity index (χ1v) is 7.10. The quantitative estimate of drug-likeness (QED) is 0.886. The molecular weight excluding hydrogens is 266 g/mol. The molecule has 1 aromatic carbocycles. The number of carbonyl (C=O) groups is 1. The predicted octanol–water partition coefficient (Wildman–Crippen LogP) is 2.35. The molecule has 0 spiro atoms. The van der Waals surface area contributed by atoms with E-state index < -0.39 is 0 Å². The van der Waals surface area contributed by atoms with Gasteiger partial charge in [0, 0.05) is 37.8 Å². The van der Waals surface area contributed by atoms with Crippen molar-refractivity contribution in [1.29, 1.82) is 0 Å². The molecule has 2 N–H and O–H groups in total. The average molecular weight is 285 g/mol. The number of nitrogens with one attached hydrogen (secondary N) is 2. The summed E-state index contributed by atoms with van der Waals surface area (Å²) in [6, 6.07) is 9.67. The zero-order valence-electron chi connectivity index (χ0n) is 12.1. The van der Waals surface area contributed by atoms with Crippen LogP contribution in [0.4, 0.5) is 11.4 Å². The van der Waals surface area contributed by atoms with Crippen LogP contribution in [0.5, 0.6) is 0 Å². The molecule has 5 heteroatoms. The molecule has 0 fully saturated rings. The van der Waals surface area contributed by atoms with Crippen molar-refractivity contribution in [3.05, 3.63) is 47.8 Å². The Labute approximate surface area is 123 Å². The fourth-order valence-corrected chi connectivity index (χ4v) is 2.58. The highest BCUT2D eigenvalue weighted by atomic mass is 16.5. The average Bonchev–Trinajstić information content (AvgIpc) is 3.13. The molecule has 1 aliphatic heterocycles. The van der Waals surface area contributed by atoms with Gasteiger partial charge in [-0.25, -0.2) is 0 Å². The number of nitrogens with zero attached hydrogens (tertiary/aromatic N) is 1. The summed E-state index contributed by atoms with van der Waals surface area (Å²) in [5.74, 6) is -0.0954. The van der Waals surface area contributed by atoms with E-state index in [1.54, 1.807) is 7.11 Å². The lowest BCUT2D eigenvalue weighted by Gasteiger charge is -2.10. The van der Waals surface area contributed by atoms with Gasteiger partial charge >= 0.3 is 0 Å². The third kappa shape index (κ3) is 2.92. The van der Waals surface area contributed by atoms with Crippen molar-refractivity contribution >= 4 is 17.3 Å². The highest BCUT2D eigenvalue weighted by Gasteiger charge is 2.14. The number of anilines is 2. The van der Waals surface area contributed by atoms with Crippen LogP contribution >= 0.6 is 0 Å². The summed E-state index contributed by atoms with van der Waals surface area (Å²) in [5, 5.41) is 6.27. The highest BCUT2D eigenvalue weighted by Crippen LogP contribution is 2.25. The Morgan fingerprint density at radius 1 is 1.43 bits per heavy atom. The largest absolute Gasteiger partial charge is 0.384 e. The van der Waals surface area contributed by atoms with Gasteiger partial charge in [-0.3, -0.25) is 4.79 Å². The van der Waals surface area contributed by atoms with Crippen molar-refractivity contribution < 1.29 is 9.53 Å². The summed E-state index contributed by atoms with van der Waals surface area (Å²) in [4.78, 5) is 12.4. The zero-order chi connectivity index (χ0) is 14.7. The second-order valence-electron chi connectivity index (χ2n) is 5.08. The lowest BCUT2D eigenvalue weighted by molar-refractivity contribution is 0.101. The Morgan fingerprint density at radius 2 is 2.33 bits per heavy atom. The Bertz CT molecular complexity index is 649. The van der Waals surface area contributed by atoms with Crippen molar-refractivity contribution in [3.63, 3.8) is 0 Å². The van der Waals surface area contributed by atoms with Crippen molar-refractivity contribution in [2.24, 2.45) is 0 Å². The van der Waals surface area contributed by atoms with Gasteiger partial charge in [0.15, 0.2) is 0 Å². The molecule has 3 rings (SSSR count). The van der Waals surface area contributed by atoms with Crippen molar-refractivity contribution in [1.82, 2.24) is 4.57 Å². The number of carbonyl (C=O) groups excluding carboxylic acids is 1. The van der Waals surface area contributed by atoms with Crippen LogP contribution in [-0.4, -0.2) is 30.7 Å². The summed E-state index contributed by atoms with van der Waals surface area (Å²) in [7, 11) is 1.65. The summed E-state index contributed by atoms with van der Waals surface area (Å²) in [6.07, 6.45) is 2.89. The van der Waals surface area contributed by atoms with Gasteiger partial charge in [0.2, 0.25) is 0 Å². The van der Waals surface area contributed by atoms with E-state index in [4.69, 9.17) is 4.74 Å². The number of fused-ring (bicyclic) bond motifs is 1. The monoisotopic (exact) mass is 285 g/mol. The lowest BCUT2D eigenvalue weighted by atomic mass is 10.1. The number of amides is 1. The van der Waals surface area contributed by atoms with E-state index >= 15 is 0 Å². The van der Waals surface area contributed by atoms with E-state index in [1.165, 1.54) is 5.56 Å². The Kier molecular flexibility index (Phi) is 3.92. The molecule has 1 aliphatic rings. The molecule has 1 aromatic heterocycles. The summed E-state index contributed by atoms with van der Waals surface area (Å²) in [6.45, 7) is 2.21. The zero-order valence-corrected chi connectivity index (χ0v) is 12.1.